The van der Waals surface area contributed by atoms with E-state index >= 15 is 0 Å². The van der Waals surface area contributed by atoms with Gasteiger partial charge in [0.25, 0.3) is 5.91 Å². The van der Waals surface area contributed by atoms with Gasteiger partial charge in [0.1, 0.15) is 10.4 Å². The second kappa shape index (κ2) is 5.66. The van der Waals surface area contributed by atoms with Crippen molar-refractivity contribution < 1.29 is 9.90 Å². The van der Waals surface area contributed by atoms with Crippen LogP contribution in [-0.2, 0) is 0 Å². The Bertz CT molecular complexity index is 604. The molecule has 1 aromatic carbocycles. The zero-order valence-electron chi connectivity index (χ0n) is 9.02. The monoisotopic (exact) mass is 418 g/mol. The molecular weight excluding hydrogens is 411 g/mol. The third-order valence-corrected chi connectivity index (χ3v) is 3.76. The first-order valence-corrected chi connectivity index (χ1v) is 6.85. The number of amides is 1. The maximum atomic E-state index is 12.0. The number of phenols is 1. The van der Waals surface area contributed by atoms with Gasteiger partial charge in [0.05, 0.1) is 9.26 Å². The van der Waals surface area contributed by atoms with Crippen LogP contribution in [0.25, 0.3) is 0 Å². The topological polar surface area (TPSA) is 62.2 Å². The van der Waals surface area contributed by atoms with E-state index in [0.29, 0.717) is 19.4 Å². The summed E-state index contributed by atoms with van der Waals surface area (Å²) in [4.78, 5) is 16.0. The minimum absolute atomic E-state index is 0.0912. The normalized spacial score (nSPS) is 10.1. The molecule has 2 N–H and O–H groups in total. The molecular formula is C12H8BrIN2O2. The van der Waals surface area contributed by atoms with E-state index < -0.39 is 0 Å². The summed E-state index contributed by atoms with van der Waals surface area (Å²) in [7, 11) is 0. The average molecular weight is 419 g/mol. The number of phenolic OH excluding ortho intramolecular Hbond substituents is 1. The van der Waals surface area contributed by atoms with Crippen LogP contribution in [0, 0.1) is 3.57 Å². The maximum absolute atomic E-state index is 12.0. The molecule has 4 nitrogen and oxygen atoms in total. The van der Waals surface area contributed by atoms with Crippen LogP contribution in [0.4, 0.5) is 5.69 Å². The van der Waals surface area contributed by atoms with Gasteiger partial charge in [0, 0.05) is 11.8 Å². The van der Waals surface area contributed by atoms with Crippen molar-refractivity contribution in [3.8, 4) is 5.75 Å². The molecule has 0 bridgehead atoms. The van der Waals surface area contributed by atoms with Crippen molar-refractivity contribution in [2.75, 3.05) is 5.32 Å². The third-order valence-electron chi connectivity index (χ3n) is 2.22. The Labute approximate surface area is 126 Å². The van der Waals surface area contributed by atoms with Gasteiger partial charge in [-0.3, -0.25) is 4.79 Å². The van der Waals surface area contributed by atoms with Crippen molar-refractivity contribution in [1.29, 1.82) is 0 Å². The number of nitrogens with one attached hydrogen (secondary N) is 1. The molecule has 2 rings (SSSR count). The van der Waals surface area contributed by atoms with Crippen LogP contribution >= 0.6 is 38.5 Å². The molecule has 18 heavy (non-hydrogen) atoms. The van der Waals surface area contributed by atoms with Crippen molar-refractivity contribution in [3.05, 3.63) is 50.3 Å². The van der Waals surface area contributed by atoms with Gasteiger partial charge >= 0.3 is 0 Å². The smallest absolute Gasteiger partial charge is 0.255 e. The average Bonchev–Trinajstić information content (AvgIpc) is 2.35. The largest absolute Gasteiger partial charge is 0.507 e. The lowest BCUT2D eigenvalue weighted by Gasteiger charge is -2.07. The zero-order chi connectivity index (χ0) is 13.1. The Morgan fingerprint density at radius 1 is 1.39 bits per heavy atom. The molecule has 6 heteroatoms. The summed E-state index contributed by atoms with van der Waals surface area (Å²) in [6, 6.07) is 8.24. The van der Waals surface area contributed by atoms with E-state index in [0.717, 1.165) is 0 Å². The summed E-state index contributed by atoms with van der Waals surface area (Å²) in [6.45, 7) is 0. The molecule has 0 saturated heterocycles. The second-order valence-electron chi connectivity index (χ2n) is 3.46. The predicted molar refractivity (Wildman–Crippen MR) is 80.7 cm³/mol. The van der Waals surface area contributed by atoms with E-state index in [1.54, 1.807) is 30.5 Å². The van der Waals surface area contributed by atoms with Crippen LogP contribution in [0.5, 0.6) is 5.75 Å². The van der Waals surface area contributed by atoms with Crippen LogP contribution in [-0.4, -0.2) is 16.0 Å². The van der Waals surface area contributed by atoms with E-state index in [9.17, 15) is 9.90 Å². The minimum atomic E-state index is -0.296. The number of carbonyl (C=O) groups is 1. The molecule has 0 aliphatic rings. The summed E-state index contributed by atoms with van der Waals surface area (Å²) in [5.74, 6) is -0.205. The molecule has 0 aliphatic heterocycles. The summed E-state index contributed by atoms with van der Waals surface area (Å²) in [5.41, 5.74) is 0.976. The van der Waals surface area contributed by atoms with Gasteiger partial charge in [0.15, 0.2) is 0 Å². The molecule has 0 atom stereocenters. The summed E-state index contributed by atoms with van der Waals surface area (Å²) in [5, 5.41) is 12.3. The highest BCUT2D eigenvalue weighted by Gasteiger charge is 2.10. The Morgan fingerprint density at radius 3 is 2.83 bits per heavy atom. The van der Waals surface area contributed by atoms with E-state index in [1.807, 2.05) is 22.6 Å². The highest BCUT2D eigenvalue weighted by atomic mass is 127. The lowest BCUT2D eigenvalue weighted by Crippen LogP contribution is -2.12. The first kappa shape index (κ1) is 13.3. The van der Waals surface area contributed by atoms with Gasteiger partial charge in [-0.2, -0.15) is 0 Å². The number of pyridine rings is 1. The predicted octanol–water partition coefficient (Wildman–Crippen LogP) is 3.41. The molecule has 0 fully saturated rings. The van der Waals surface area contributed by atoms with Crippen LogP contribution < -0.4 is 5.32 Å². The van der Waals surface area contributed by atoms with Gasteiger partial charge in [-0.25, -0.2) is 4.98 Å². The van der Waals surface area contributed by atoms with E-state index in [4.69, 9.17) is 0 Å². The van der Waals surface area contributed by atoms with Crippen molar-refractivity contribution >= 4 is 50.1 Å². The van der Waals surface area contributed by atoms with E-state index in [2.05, 4.69) is 26.2 Å². The third kappa shape index (κ3) is 2.99. The maximum Gasteiger partial charge on any atom is 0.255 e. The fourth-order valence-corrected chi connectivity index (χ4v) is 2.01. The van der Waals surface area contributed by atoms with Crippen molar-refractivity contribution in [3.63, 3.8) is 0 Å². The van der Waals surface area contributed by atoms with Gasteiger partial charge in [0.2, 0.25) is 0 Å². The molecule has 0 aliphatic carbocycles. The number of anilines is 1. The number of rotatable bonds is 2. The van der Waals surface area contributed by atoms with Gasteiger partial charge < -0.3 is 10.4 Å². The lowest BCUT2D eigenvalue weighted by atomic mass is 10.2. The first-order chi connectivity index (χ1) is 8.58. The number of halogens is 2. The number of benzene rings is 1. The molecule has 0 radical (unpaired) electrons. The van der Waals surface area contributed by atoms with Crippen molar-refractivity contribution in [1.82, 2.24) is 4.98 Å². The molecule has 1 aromatic heterocycles. The van der Waals surface area contributed by atoms with E-state index in [-0.39, 0.29) is 11.7 Å². The van der Waals surface area contributed by atoms with Crippen LogP contribution in [0.2, 0.25) is 0 Å². The summed E-state index contributed by atoms with van der Waals surface area (Å²) in [6.07, 6.45) is 1.62. The number of nitrogens with zero attached hydrogens (tertiary/aromatic N) is 1. The highest BCUT2D eigenvalue weighted by Crippen LogP contribution is 2.22. The minimum Gasteiger partial charge on any atom is -0.507 e. The van der Waals surface area contributed by atoms with Crippen LogP contribution in [0.15, 0.2) is 41.1 Å². The Kier molecular flexibility index (Phi) is 4.18. The molecule has 2 aromatic rings. The molecule has 0 saturated carbocycles. The fraction of sp³-hybridized carbons (Fsp3) is 0. The second-order valence-corrected chi connectivity index (χ2v) is 5.38. The number of hydrogen-bond donors (Lipinski definition) is 2. The number of hydrogen-bond acceptors (Lipinski definition) is 3. The van der Waals surface area contributed by atoms with E-state index in [1.165, 1.54) is 6.07 Å². The summed E-state index contributed by atoms with van der Waals surface area (Å²) >= 11 is 5.24. The Morgan fingerprint density at radius 2 is 2.17 bits per heavy atom. The Hall–Kier alpha value is -1.15. The van der Waals surface area contributed by atoms with Gasteiger partial charge in [-0.15, -0.1) is 0 Å². The number of aromatic nitrogens is 1. The quantitative estimate of drug-likeness (QED) is 0.580. The zero-order valence-corrected chi connectivity index (χ0v) is 12.8. The molecule has 92 valence electrons. The van der Waals surface area contributed by atoms with Crippen molar-refractivity contribution in [2.45, 2.75) is 0 Å². The molecule has 0 spiro atoms. The standard InChI is InChI=1S/C12H8BrIN2O2/c13-11-9(2-1-5-15-11)16-12(18)7-3-4-8(14)10(17)6-7/h1-6,17H,(H,16,18). The molecule has 1 amide bonds. The van der Waals surface area contributed by atoms with Gasteiger partial charge in [-0.05, 0) is 68.9 Å². The summed E-state index contributed by atoms with van der Waals surface area (Å²) < 4.78 is 1.26. The van der Waals surface area contributed by atoms with Crippen LogP contribution in [0.3, 0.4) is 0 Å². The number of aromatic hydroxyl groups is 1. The number of carbonyl (C=O) groups excluding carboxylic acids is 1. The van der Waals surface area contributed by atoms with Crippen molar-refractivity contribution in [2.24, 2.45) is 0 Å². The fourth-order valence-electron chi connectivity index (χ4n) is 1.33. The Balaban J connectivity index is 2.22. The van der Waals surface area contributed by atoms with Gasteiger partial charge in [-0.1, -0.05) is 0 Å². The lowest BCUT2D eigenvalue weighted by molar-refractivity contribution is 0.102. The SMILES string of the molecule is O=C(Nc1cccnc1Br)c1ccc(I)c(O)c1. The molecule has 1 heterocycles. The molecule has 0 unspecified atom stereocenters. The van der Waals surface area contributed by atoms with Crippen LogP contribution in [0.1, 0.15) is 10.4 Å². The highest BCUT2D eigenvalue weighted by molar-refractivity contribution is 14.1. The first-order valence-electron chi connectivity index (χ1n) is 4.98.